The summed E-state index contributed by atoms with van der Waals surface area (Å²) in [5, 5.41) is 9.31. The van der Waals surface area contributed by atoms with Crippen molar-refractivity contribution in [3.05, 3.63) is 75.8 Å². The van der Waals surface area contributed by atoms with Crippen molar-refractivity contribution >= 4 is 28.3 Å². The number of aromatic amines is 1. The van der Waals surface area contributed by atoms with Crippen molar-refractivity contribution in [2.75, 3.05) is 5.32 Å². The molecule has 3 aromatic heterocycles. The van der Waals surface area contributed by atoms with Gasteiger partial charge in [-0.3, -0.25) is 9.48 Å². The van der Waals surface area contributed by atoms with Crippen LogP contribution in [0.3, 0.4) is 0 Å². The van der Waals surface area contributed by atoms with Crippen molar-refractivity contribution in [2.24, 2.45) is 5.92 Å². The van der Waals surface area contributed by atoms with Crippen LogP contribution >= 0.6 is 11.6 Å². The number of H-pyrrole nitrogens is 1. The Morgan fingerprint density at radius 3 is 2.73 bits per heavy atom. The Morgan fingerprint density at radius 1 is 1.10 bits per heavy atom. The molecule has 2 N–H and O–H groups in total. The second kappa shape index (κ2) is 8.32. The fraction of sp³-hybridized carbons (Fsp3) is 0.261. The lowest BCUT2D eigenvalue weighted by molar-refractivity contribution is 0.487. The Labute approximate surface area is 179 Å². The molecule has 7 heteroatoms. The van der Waals surface area contributed by atoms with Crippen LogP contribution in [0.2, 0.25) is 5.02 Å². The molecule has 4 aromatic rings. The number of pyridine rings is 2. The third kappa shape index (κ3) is 4.24. The van der Waals surface area contributed by atoms with E-state index in [0.29, 0.717) is 22.3 Å². The molecule has 154 valence electrons. The van der Waals surface area contributed by atoms with Gasteiger partial charge < -0.3 is 10.3 Å². The Bertz CT molecular complexity index is 1240. The second-order valence-corrected chi connectivity index (χ2v) is 8.31. The first-order valence-corrected chi connectivity index (χ1v) is 10.4. The van der Waals surface area contributed by atoms with Crippen LogP contribution in [0, 0.1) is 5.92 Å². The molecule has 0 bridgehead atoms. The number of benzene rings is 1. The van der Waals surface area contributed by atoms with E-state index < -0.39 is 0 Å². The first-order valence-electron chi connectivity index (χ1n) is 9.98. The first-order chi connectivity index (χ1) is 14.4. The van der Waals surface area contributed by atoms with E-state index >= 15 is 0 Å². The summed E-state index contributed by atoms with van der Waals surface area (Å²) in [6.45, 7) is 7.12. The van der Waals surface area contributed by atoms with Gasteiger partial charge in [0.25, 0.3) is 5.56 Å². The van der Waals surface area contributed by atoms with Crippen LogP contribution < -0.4 is 10.9 Å². The van der Waals surface area contributed by atoms with Gasteiger partial charge in [0.2, 0.25) is 0 Å². The summed E-state index contributed by atoms with van der Waals surface area (Å²) in [4.78, 5) is 20.0. The lowest BCUT2D eigenvalue weighted by Gasteiger charge is -2.16. The Balaban J connectivity index is 1.62. The van der Waals surface area contributed by atoms with Crippen LogP contribution in [0.15, 0.2) is 59.7 Å². The smallest absolute Gasteiger partial charge is 0.253 e. The monoisotopic (exact) mass is 421 g/mol. The summed E-state index contributed by atoms with van der Waals surface area (Å²) in [7, 11) is 0. The van der Waals surface area contributed by atoms with Gasteiger partial charge in [0, 0.05) is 46.0 Å². The van der Waals surface area contributed by atoms with Crippen molar-refractivity contribution in [1.82, 2.24) is 19.7 Å². The largest absolute Gasteiger partial charge is 0.363 e. The molecule has 6 nitrogen and oxygen atoms in total. The average molecular weight is 422 g/mol. The Morgan fingerprint density at radius 2 is 1.93 bits per heavy atom. The van der Waals surface area contributed by atoms with Crippen LogP contribution in [0.1, 0.15) is 32.4 Å². The number of hydrogen-bond donors (Lipinski definition) is 2. The van der Waals surface area contributed by atoms with Gasteiger partial charge in [-0.15, -0.1) is 0 Å². The van der Waals surface area contributed by atoms with Gasteiger partial charge in [-0.05, 0) is 55.3 Å². The van der Waals surface area contributed by atoms with Gasteiger partial charge in [-0.2, -0.15) is 5.10 Å². The Kier molecular flexibility index (Phi) is 5.59. The highest BCUT2D eigenvalue weighted by Crippen LogP contribution is 2.25. The topological polar surface area (TPSA) is 75.6 Å². The van der Waals surface area contributed by atoms with Gasteiger partial charge in [0.05, 0.1) is 11.7 Å². The molecule has 1 atom stereocenters. The van der Waals surface area contributed by atoms with E-state index in [1.54, 1.807) is 12.3 Å². The SMILES string of the molecule is CC(C)Cn1nccc1-c1ccnc(NC(C)c2cc3cc(Cl)ccc3[nH]c2=O)c1. The van der Waals surface area contributed by atoms with Gasteiger partial charge in [-0.25, -0.2) is 4.98 Å². The van der Waals surface area contributed by atoms with Crippen LogP contribution in [-0.2, 0) is 6.54 Å². The molecule has 3 heterocycles. The molecular formula is C23H24ClN5O. The average Bonchev–Trinajstić information content (AvgIpc) is 3.15. The van der Waals surface area contributed by atoms with E-state index in [4.69, 9.17) is 11.6 Å². The molecule has 0 saturated carbocycles. The minimum atomic E-state index is -0.236. The van der Waals surface area contributed by atoms with Crippen molar-refractivity contribution < 1.29 is 0 Å². The maximum absolute atomic E-state index is 12.6. The van der Waals surface area contributed by atoms with Gasteiger partial charge in [0.15, 0.2) is 0 Å². The summed E-state index contributed by atoms with van der Waals surface area (Å²) in [5.41, 5.74) is 3.33. The van der Waals surface area contributed by atoms with Crippen molar-refractivity contribution in [3.63, 3.8) is 0 Å². The Hall–Kier alpha value is -3.12. The molecule has 0 saturated heterocycles. The summed E-state index contributed by atoms with van der Waals surface area (Å²) in [6, 6.07) is 13.0. The molecule has 30 heavy (non-hydrogen) atoms. The number of anilines is 1. The fourth-order valence-electron chi connectivity index (χ4n) is 3.55. The molecular weight excluding hydrogens is 398 g/mol. The quantitative estimate of drug-likeness (QED) is 0.444. The van der Waals surface area contributed by atoms with E-state index in [9.17, 15) is 4.79 Å². The van der Waals surface area contributed by atoms with Crippen molar-refractivity contribution in [2.45, 2.75) is 33.4 Å². The minimum Gasteiger partial charge on any atom is -0.363 e. The molecule has 0 aliphatic carbocycles. The number of rotatable bonds is 6. The summed E-state index contributed by atoms with van der Waals surface area (Å²) >= 11 is 6.11. The number of fused-ring (bicyclic) bond motifs is 1. The normalized spacial score (nSPS) is 12.4. The lowest BCUT2D eigenvalue weighted by Crippen LogP contribution is -2.19. The summed E-state index contributed by atoms with van der Waals surface area (Å²) in [6.07, 6.45) is 3.58. The van der Waals surface area contributed by atoms with E-state index in [1.165, 1.54) is 0 Å². The number of halogens is 1. The van der Waals surface area contributed by atoms with E-state index in [1.807, 2.05) is 54.2 Å². The number of nitrogens with zero attached hydrogens (tertiary/aromatic N) is 3. The molecule has 4 rings (SSSR count). The summed E-state index contributed by atoms with van der Waals surface area (Å²) < 4.78 is 2.00. The standard InChI is InChI=1S/C23H24ClN5O/c1-14(2)13-29-21(7-9-26-29)16-6-8-25-22(12-16)27-15(3)19-11-17-10-18(24)4-5-20(17)28-23(19)30/h4-12,14-15H,13H2,1-3H3,(H,25,27)(H,28,30). The molecule has 0 radical (unpaired) electrons. The van der Waals surface area contributed by atoms with Crippen LogP contribution in [0.5, 0.6) is 0 Å². The lowest BCUT2D eigenvalue weighted by atomic mass is 10.1. The predicted octanol–water partition coefficient (Wildman–Crippen LogP) is 5.27. The van der Waals surface area contributed by atoms with Crippen molar-refractivity contribution in [3.8, 4) is 11.3 Å². The molecule has 1 aromatic carbocycles. The fourth-order valence-corrected chi connectivity index (χ4v) is 3.73. The van der Waals surface area contributed by atoms with Gasteiger partial charge in [0.1, 0.15) is 5.82 Å². The zero-order chi connectivity index (χ0) is 21.3. The van der Waals surface area contributed by atoms with E-state index in [-0.39, 0.29) is 11.6 Å². The number of hydrogen-bond acceptors (Lipinski definition) is 4. The molecule has 0 amide bonds. The second-order valence-electron chi connectivity index (χ2n) is 7.87. The van der Waals surface area contributed by atoms with Gasteiger partial charge >= 0.3 is 0 Å². The molecule has 0 fully saturated rings. The highest BCUT2D eigenvalue weighted by molar-refractivity contribution is 6.31. The first kappa shape index (κ1) is 20.2. The third-order valence-electron chi connectivity index (χ3n) is 4.98. The molecule has 1 unspecified atom stereocenters. The maximum Gasteiger partial charge on any atom is 0.253 e. The maximum atomic E-state index is 12.6. The van der Waals surface area contributed by atoms with Crippen LogP contribution in [0.25, 0.3) is 22.2 Å². The van der Waals surface area contributed by atoms with E-state index in [0.717, 1.165) is 28.7 Å². The highest BCUT2D eigenvalue weighted by atomic mass is 35.5. The van der Waals surface area contributed by atoms with Crippen molar-refractivity contribution in [1.29, 1.82) is 0 Å². The summed E-state index contributed by atoms with van der Waals surface area (Å²) in [5.74, 6) is 1.19. The van der Waals surface area contributed by atoms with Crippen LogP contribution in [0.4, 0.5) is 5.82 Å². The highest BCUT2D eigenvalue weighted by Gasteiger charge is 2.14. The number of nitrogens with one attached hydrogen (secondary N) is 2. The van der Waals surface area contributed by atoms with Crippen LogP contribution in [-0.4, -0.2) is 19.7 Å². The predicted molar refractivity (Wildman–Crippen MR) is 122 cm³/mol. The zero-order valence-corrected chi connectivity index (χ0v) is 17.9. The zero-order valence-electron chi connectivity index (χ0n) is 17.2. The molecule has 0 aliphatic rings. The van der Waals surface area contributed by atoms with Gasteiger partial charge in [-0.1, -0.05) is 25.4 Å². The minimum absolute atomic E-state index is 0.129. The third-order valence-corrected chi connectivity index (χ3v) is 5.21. The molecule has 0 spiro atoms. The number of aromatic nitrogens is 4. The molecule has 0 aliphatic heterocycles. The van der Waals surface area contributed by atoms with E-state index in [2.05, 4.69) is 34.2 Å².